The van der Waals surface area contributed by atoms with Gasteiger partial charge >= 0.3 is 7.68 Å². The van der Waals surface area contributed by atoms with Crippen LogP contribution in [-0.4, -0.2) is 9.97 Å². The van der Waals surface area contributed by atoms with E-state index < -0.39 is 7.68 Å². The SMILES string of the molecule is Cc1ncc(P(=O)=O)cn1. The lowest BCUT2D eigenvalue weighted by atomic mass is 10.6. The molecule has 0 aromatic carbocycles. The predicted molar refractivity (Wildman–Crippen MR) is 34.7 cm³/mol. The summed E-state index contributed by atoms with van der Waals surface area (Å²) in [5.41, 5.74) is 0. The van der Waals surface area contributed by atoms with Crippen LogP contribution in [0.4, 0.5) is 0 Å². The fourth-order valence-electron chi connectivity index (χ4n) is 0.480. The number of nitrogens with zero attached hydrogens (tertiary/aromatic N) is 2. The highest BCUT2D eigenvalue weighted by Gasteiger charge is 1.97. The van der Waals surface area contributed by atoms with Gasteiger partial charge in [0.05, 0.1) is 0 Å². The molecule has 0 saturated heterocycles. The molecule has 0 N–H and O–H groups in total. The summed E-state index contributed by atoms with van der Waals surface area (Å²) in [5, 5.41) is 0.153. The van der Waals surface area contributed by atoms with Gasteiger partial charge in [0, 0.05) is 12.4 Å². The molecule has 0 atom stereocenters. The quantitative estimate of drug-likeness (QED) is 0.558. The normalized spacial score (nSPS) is 9.30. The smallest absolute Gasteiger partial charge is 0.240 e. The van der Waals surface area contributed by atoms with Crippen LogP contribution < -0.4 is 5.30 Å². The van der Waals surface area contributed by atoms with Crippen LogP contribution in [0.15, 0.2) is 12.4 Å². The lowest BCUT2D eigenvalue weighted by Crippen LogP contribution is -1.98. The highest BCUT2D eigenvalue weighted by molar-refractivity contribution is 7.40. The fraction of sp³-hybridized carbons (Fsp3) is 0.200. The van der Waals surface area contributed by atoms with E-state index >= 15 is 0 Å². The van der Waals surface area contributed by atoms with Gasteiger partial charge in [0.2, 0.25) is 0 Å². The Bertz CT molecular complexity index is 283. The Morgan fingerprint density at radius 1 is 1.30 bits per heavy atom. The Labute approximate surface area is 58.1 Å². The van der Waals surface area contributed by atoms with E-state index in [1.165, 1.54) is 12.4 Å². The maximum atomic E-state index is 10.3. The third kappa shape index (κ3) is 1.48. The first-order chi connectivity index (χ1) is 4.70. The second kappa shape index (κ2) is 2.71. The molecule has 0 saturated carbocycles. The van der Waals surface area contributed by atoms with Crippen molar-refractivity contribution in [2.75, 3.05) is 0 Å². The number of aryl methyl sites for hydroxylation is 1. The Balaban J connectivity index is 3.12. The van der Waals surface area contributed by atoms with E-state index in [1.54, 1.807) is 6.92 Å². The monoisotopic (exact) mass is 156 g/mol. The van der Waals surface area contributed by atoms with Crippen molar-refractivity contribution >= 4 is 13.0 Å². The van der Waals surface area contributed by atoms with Crippen molar-refractivity contribution in [2.24, 2.45) is 0 Å². The molecule has 0 bridgehead atoms. The third-order valence-electron chi connectivity index (χ3n) is 0.978. The van der Waals surface area contributed by atoms with E-state index in [9.17, 15) is 9.13 Å². The molecule has 5 heteroatoms. The summed E-state index contributed by atoms with van der Waals surface area (Å²) in [5.74, 6) is 0.570. The highest BCUT2D eigenvalue weighted by Crippen LogP contribution is 1.99. The number of aromatic nitrogens is 2. The molecule has 52 valence electrons. The molecule has 0 spiro atoms. The van der Waals surface area contributed by atoms with Crippen LogP contribution in [0.1, 0.15) is 5.82 Å². The van der Waals surface area contributed by atoms with Crippen LogP contribution in [-0.2, 0) is 9.13 Å². The lowest BCUT2D eigenvalue weighted by Gasteiger charge is -1.87. The third-order valence-corrected chi connectivity index (χ3v) is 1.63. The van der Waals surface area contributed by atoms with Crippen molar-refractivity contribution in [1.29, 1.82) is 0 Å². The second-order valence-corrected chi connectivity index (χ2v) is 2.78. The largest absolute Gasteiger partial charge is 0.351 e. The fourth-order valence-corrected chi connectivity index (χ4v) is 0.784. The van der Waals surface area contributed by atoms with Gasteiger partial charge in [-0.25, -0.2) is 19.1 Å². The van der Waals surface area contributed by atoms with E-state index in [1.807, 2.05) is 0 Å². The summed E-state index contributed by atoms with van der Waals surface area (Å²) < 4.78 is 20.5. The summed E-state index contributed by atoms with van der Waals surface area (Å²) in [4.78, 5) is 7.41. The average molecular weight is 156 g/mol. The van der Waals surface area contributed by atoms with E-state index in [0.29, 0.717) is 5.82 Å². The first-order valence-electron chi connectivity index (χ1n) is 2.63. The summed E-state index contributed by atoms with van der Waals surface area (Å²) >= 11 is 0. The van der Waals surface area contributed by atoms with Crippen LogP contribution in [0, 0.1) is 6.92 Å². The van der Waals surface area contributed by atoms with E-state index in [0.717, 1.165) is 0 Å². The van der Waals surface area contributed by atoms with Crippen LogP contribution >= 0.6 is 7.68 Å². The van der Waals surface area contributed by atoms with Crippen LogP contribution in [0.5, 0.6) is 0 Å². The molecule has 4 nitrogen and oxygen atoms in total. The molecule has 10 heavy (non-hydrogen) atoms. The van der Waals surface area contributed by atoms with Gasteiger partial charge in [-0.2, -0.15) is 0 Å². The topological polar surface area (TPSA) is 59.9 Å². The zero-order valence-corrected chi connectivity index (χ0v) is 6.21. The predicted octanol–water partition coefficient (Wildman–Crippen LogP) is 0.583. The van der Waals surface area contributed by atoms with Gasteiger partial charge in [-0.1, -0.05) is 0 Å². The van der Waals surface area contributed by atoms with Crippen LogP contribution in [0.3, 0.4) is 0 Å². The first-order valence-corrected chi connectivity index (χ1v) is 3.81. The second-order valence-electron chi connectivity index (χ2n) is 1.75. The Kier molecular flexibility index (Phi) is 1.92. The number of rotatable bonds is 1. The highest BCUT2D eigenvalue weighted by atomic mass is 31.1. The van der Waals surface area contributed by atoms with Gasteiger partial charge in [-0.3, -0.25) is 0 Å². The molecular formula is C5H5N2O2P. The molecule has 1 heterocycles. The maximum Gasteiger partial charge on any atom is 0.351 e. The number of hydrogen-bond acceptors (Lipinski definition) is 4. The minimum Gasteiger partial charge on any atom is -0.240 e. The average Bonchev–Trinajstić information content (AvgIpc) is 1.88. The van der Waals surface area contributed by atoms with Crippen LogP contribution in [0.25, 0.3) is 0 Å². The summed E-state index contributed by atoms with van der Waals surface area (Å²) in [6.45, 7) is 1.70. The zero-order valence-electron chi connectivity index (χ0n) is 5.31. The molecule has 1 rings (SSSR count). The molecule has 0 aliphatic carbocycles. The molecule has 0 amide bonds. The van der Waals surface area contributed by atoms with Crippen molar-refractivity contribution < 1.29 is 9.13 Å². The molecule has 0 unspecified atom stereocenters. The number of hydrogen-bond donors (Lipinski definition) is 0. The maximum absolute atomic E-state index is 10.3. The molecule has 0 fully saturated rings. The van der Waals surface area contributed by atoms with Gasteiger partial charge in [-0.05, 0) is 6.92 Å². The Morgan fingerprint density at radius 2 is 1.80 bits per heavy atom. The molecule has 1 aromatic rings. The van der Waals surface area contributed by atoms with E-state index in [4.69, 9.17) is 0 Å². The van der Waals surface area contributed by atoms with Gasteiger partial charge in [-0.15, -0.1) is 0 Å². The summed E-state index contributed by atoms with van der Waals surface area (Å²) in [6, 6.07) is 0. The van der Waals surface area contributed by atoms with Crippen molar-refractivity contribution in [1.82, 2.24) is 9.97 Å². The standard InChI is InChI=1S/C5H5N2O2P/c1-4-6-2-5(3-7-4)10(8)9/h2-3H,1H3. The van der Waals surface area contributed by atoms with Crippen molar-refractivity contribution in [3.05, 3.63) is 18.2 Å². The zero-order chi connectivity index (χ0) is 7.56. The van der Waals surface area contributed by atoms with Gasteiger partial charge in [0.25, 0.3) is 0 Å². The first kappa shape index (κ1) is 7.09. The molecule has 0 aliphatic heterocycles. The van der Waals surface area contributed by atoms with E-state index in [-0.39, 0.29) is 5.30 Å². The Morgan fingerprint density at radius 3 is 2.20 bits per heavy atom. The van der Waals surface area contributed by atoms with E-state index in [2.05, 4.69) is 9.97 Å². The van der Waals surface area contributed by atoms with Crippen molar-refractivity contribution in [2.45, 2.75) is 6.92 Å². The van der Waals surface area contributed by atoms with Gasteiger partial charge in [0.15, 0.2) is 0 Å². The molecule has 1 aromatic heterocycles. The lowest BCUT2D eigenvalue weighted by molar-refractivity contribution is 0.522. The summed E-state index contributed by atoms with van der Waals surface area (Å²) in [6.07, 6.45) is 2.57. The molecular weight excluding hydrogens is 151 g/mol. The van der Waals surface area contributed by atoms with Gasteiger partial charge in [0.1, 0.15) is 11.1 Å². The minimum absolute atomic E-state index is 0.153. The Hall–Kier alpha value is -1.02. The van der Waals surface area contributed by atoms with Crippen LogP contribution in [0.2, 0.25) is 0 Å². The van der Waals surface area contributed by atoms with Gasteiger partial charge < -0.3 is 0 Å². The molecule has 0 radical (unpaired) electrons. The minimum atomic E-state index is -2.53. The van der Waals surface area contributed by atoms with Crippen molar-refractivity contribution in [3.8, 4) is 0 Å². The van der Waals surface area contributed by atoms with Crippen molar-refractivity contribution in [3.63, 3.8) is 0 Å². The summed E-state index contributed by atoms with van der Waals surface area (Å²) in [7, 11) is -2.53. The molecule has 0 aliphatic rings.